The van der Waals surface area contributed by atoms with E-state index in [1.165, 1.54) is 16.5 Å². The molecule has 0 saturated heterocycles. The second-order valence-electron chi connectivity index (χ2n) is 4.90. The van der Waals surface area contributed by atoms with Crippen LogP contribution in [0.4, 0.5) is 5.69 Å². The summed E-state index contributed by atoms with van der Waals surface area (Å²) in [5, 5.41) is 4.76. The average Bonchev–Trinajstić information content (AvgIpc) is 2.75. The van der Waals surface area contributed by atoms with Gasteiger partial charge in [-0.3, -0.25) is 0 Å². The number of hydrogen-bond donors (Lipinski definition) is 1. The van der Waals surface area contributed by atoms with Gasteiger partial charge in [0.15, 0.2) is 0 Å². The van der Waals surface area contributed by atoms with Crippen LogP contribution in [-0.2, 0) is 13.6 Å². The van der Waals surface area contributed by atoms with Crippen molar-refractivity contribution in [3.8, 4) is 0 Å². The summed E-state index contributed by atoms with van der Waals surface area (Å²) in [5.74, 6) is 0. The number of nitrogens with zero attached hydrogens (tertiary/aromatic N) is 2. The third kappa shape index (κ3) is 2.43. The minimum atomic E-state index is 0.797. The van der Waals surface area contributed by atoms with Gasteiger partial charge in [-0.1, -0.05) is 18.2 Å². The number of halogens is 1. The van der Waals surface area contributed by atoms with Crippen molar-refractivity contribution in [2.45, 2.75) is 13.5 Å². The van der Waals surface area contributed by atoms with E-state index in [-0.39, 0.29) is 0 Å². The van der Waals surface area contributed by atoms with Crippen LogP contribution in [-0.4, -0.2) is 9.55 Å². The molecule has 0 fully saturated rings. The predicted octanol–water partition coefficient (Wildman–Crippen LogP) is 4.26. The standard InChI is InChI=1S/C16H16BrN3/c1-11-14(7-8-16(17)19-11)18-9-12-10-20(2)15-6-4-3-5-13(12)15/h3-8,10,18H,9H2,1-2H3. The fourth-order valence-electron chi connectivity index (χ4n) is 2.47. The zero-order valence-electron chi connectivity index (χ0n) is 11.5. The first kappa shape index (κ1) is 13.2. The number of fused-ring (bicyclic) bond motifs is 1. The number of nitrogens with one attached hydrogen (secondary N) is 1. The normalized spacial score (nSPS) is 10.9. The molecule has 4 heteroatoms. The van der Waals surface area contributed by atoms with Gasteiger partial charge in [-0.2, -0.15) is 0 Å². The van der Waals surface area contributed by atoms with Crippen LogP contribution in [0.1, 0.15) is 11.3 Å². The molecule has 0 aliphatic carbocycles. The molecule has 0 aliphatic heterocycles. The Hall–Kier alpha value is -1.81. The fraction of sp³-hybridized carbons (Fsp3) is 0.188. The molecule has 0 spiro atoms. The van der Waals surface area contributed by atoms with E-state index < -0.39 is 0 Å². The van der Waals surface area contributed by atoms with Crippen LogP contribution in [0.15, 0.2) is 47.2 Å². The Bertz CT molecular complexity index is 762. The number of aromatic nitrogens is 2. The Morgan fingerprint density at radius 1 is 1.20 bits per heavy atom. The van der Waals surface area contributed by atoms with Crippen molar-refractivity contribution in [2.24, 2.45) is 7.05 Å². The third-order valence-electron chi connectivity index (χ3n) is 3.50. The van der Waals surface area contributed by atoms with Crippen molar-refractivity contribution in [1.29, 1.82) is 0 Å². The van der Waals surface area contributed by atoms with Gasteiger partial charge in [-0.15, -0.1) is 0 Å². The highest BCUT2D eigenvalue weighted by molar-refractivity contribution is 9.10. The van der Waals surface area contributed by atoms with Gasteiger partial charge in [-0.25, -0.2) is 4.98 Å². The largest absolute Gasteiger partial charge is 0.379 e. The Morgan fingerprint density at radius 2 is 2.00 bits per heavy atom. The van der Waals surface area contributed by atoms with E-state index in [1.54, 1.807) is 0 Å². The number of hydrogen-bond acceptors (Lipinski definition) is 2. The lowest BCUT2D eigenvalue weighted by Gasteiger charge is -2.08. The summed E-state index contributed by atoms with van der Waals surface area (Å²) in [6.07, 6.45) is 2.18. The number of para-hydroxylation sites is 1. The van der Waals surface area contributed by atoms with E-state index in [1.807, 2.05) is 13.0 Å². The summed E-state index contributed by atoms with van der Waals surface area (Å²) in [4.78, 5) is 4.40. The molecule has 0 aliphatic rings. The average molecular weight is 330 g/mol. The molecule has 20 heavy (non-hydrogen) atoms. The Morgan fingerprint density at radius 3 is 2.80 bits per heavy atom. The molecule has 102 valence electrons. The van der Waals surface area contributed by atoms with Crippen LogP contribution < -0.4 is 5.32 Å². The molecule has 2 aromatic heterocycles. The molecule has 3 nitrogen and oxygen atoms in total. The van der Waals surface area contributed by atoms with Gasteiger partial charge in [0.25, 0.3) is 0 Å². The van der Waals surface area contributed by atoms with E-state index >= 15 is 0 Å². The lowest BCUT2D eigenvalue weighted by atomic mass is 10.1. The molecule has 1 N–H and O–H groups in total. The highest BCUT2D eigenvalue weighted by atomic mass is 79.9. The smallest absolute Gasteiger partial charge is 0.106 e. The molecule has 0 saturated carbocycles. The van der Waals surface area contributed by atoms with E-state index in [0.29, 0.717) is 0 Å². The summed E-state index contributed by atoms with van der Waals surface area (Å²) < 4.78 is 3.03. The first-order valence-electron chi connectivity index (χ1n) is 6.55. The topological polar surface area (TPSA) is 29.9 Å². The third-order valence-corrected chi connectivity index (χ3v) is 3.94. The lowest BCUT2D eigenvalue weighted by Crippen LogP contribution is -2.01. The zero-order valence-corrected chi connectivity index (χ0v) is 13.1. The van der Waals surface area contributed by atoms with E-state index in [4.69, 9.17) is 0 Å². The van der Waals surface area contributed by atoms with E-state index in [0.717, 1.165) is 22.5 Å². The Balaban J connectivity index is 1.87. The molecule has 0 radical (unpaired) electrons. The minimum absolute atomic E-state index is 0.797. The van der Waals surface area contributed by atoms with Gasteiger partial charge < -0.3 is 9.88 Å². The molecule has 0 bridgehead atoms. The first-order valence-corrected chi connectivity index (χ1v) is 7.34. The second kappa shape index (κ2) is 5.29. The minimum Gasteiger partial charge on any atom is -0.379 e. The Kier molecular flexibility index (Phi) is 3.49. The van der Waals surface area contributed by atoms with Crippen molar-refractivity contribution in [3.63, 3.8) is 0 Å². The zero-order chi connectivity index (χ0) is 14.1. The molecule has 3 aromatic rings. The van der Waals surface area contributed by atoms with Crippen molar-refractivity contribution >= 4 is 32.5 Å². The Labute approximate surface area is 126 Å². The summed E-state index contributed by atoms with van der Waals surface area (Å²) in [6.45, 7) is 2.81. The molecule has 0 amide bonds. The highest BCUT2D eigenvalue weighted by Crippen LogP contribution is 2.22. The molecule has 2 heterocycles. The van der Waals surface area contributed by atoms with Crippen molar-refractivity contribution in [3.05, 3.63) is 58.5 Å². The van der Waals surface area contributed by atoms with Crippen LogP contribution >= 0.6 is 15.9 Å². The highest BCUT2D eigenvalue weighted by Gasteiger charge is 2.06. The van der Waals surface area contributed by atoms with Crippen LogP contribution in [0.25, 0.3) is 10.9 Å². The van der Waals surface area contributed by atoms with Crippen molar-refractivity contribution in [1.82, 2.24) is 9.55 Å². The van der Waals surface area contributed by atoms with Gasteiger partial charge in [0, 0.05) is 30.7 Å². The molecule has 3 rings (SSSR count). The van der Waals surface area contributed by atoms with Crippen LogP contribution in [0.5, 0.6) is 0 Å². The van der Waals surface area contributed by atoms with Crippen molar-refractivity contribution < 1.29 is 0 Å². The second-order valence-corrected chi connectivity index (χ2v) is 5.72. The quantitative estimate of drug-likeness (QED) is 0.728. The molecular formula is C16H16BrN3. The maximum atomic E-state index is 4.40. The number of benzene rings is 1. The summed E-state index contributed by atoms with van der Waals surface area (Å²) in [6, 6.07) is 12.5. The SMILES string of the molecule is Cc1nc(Br)ccc1NCc1cn(C)c2ccccc12. The van der Waals surface area contributed by atoms with Crippen molar-refractivity contribution in [2.75, 3.05) is 5.32 Å². The molecule has 0 atom stereocenters. The maximum Gasteiger partial charge on any atom is 0.106 e. The number of aryl methyl sites for hydroxylation is 2. The fourth-order valence-corrected chi connectivity index (χ4v) is 2.87. The van der Waals surface area contributed by atoms with Gasteiger partial charge >= 0.3 is 0 Å². The predicted molar refractivity (Wildman–Crippen MR) is 86.9 cm³/mol. The summed E-state index contributed by atoms with van der Waals surface area (Å²) in [5.41, 5.74) is 4.63. The number of pyridine rings is 1. The number of rotatable bonds is 3. The van der Waals surface area contributed by atoms with E-state index in [2.05, 4.69) is 74.4 Å². The van der Waals surface area contributed by atoms with E-state index in [9.17, 15) is 0 Å². The maximum absolute atomic E-state index is 4.40. The first-order chi connectivity index (χ1) is 9.65. The van der Waals surface area contributed by atoms with Crippen LogP contribution in [0.3, 0.4) is 0 Å². The van der Waals surface area contributed by atoms with Gasteiger partial charge in [0.2, 0.25) is 0 Å². The molecule has 0 unspecified atom stereocenters. The van der Waals surface area contributed by atoms with Crippen LogP contribution in [0, 0.1) is 6.92 Å². The van der Waals surface area contributed by atoms with Crippen LogP contribution in [0.2, 0.25) is 0 Å². The molecular weight excluding hydrogens is 314 g/mol. The molecule has 1 aromatic carbocycles. The summed E-state index contributed by atoms with van der Waals surface area (Å²) >= 11 is 3.39. The number of anilines is 1. The van der Waals surface area contributed by atoms with Gasteiger partial charge in [0.1, 0.15) is 4.60 Å². The summed E-state index contributed by atoms with van der Waals surface area (Å²) in [7, 11) is 2.08. The van der Waals surface area contributed by atoms with Gasteiger partial charge in [-0.05, 0) is 46.6 Å². The van der Waals surface area contributed by atoms with Gasteiger partial charge in [0.05, 0.1) is 11.4 Å². The lowest BCUT2D eigenvalue weighted by molar-refractivity contribution is 0.955. The monoisotopic (exact) mass is 329 g/mol.